The summed E-state index contributed by atoms with van der Waals surface area (Å²) >= 11 is 6.22. The van der Waals surface area contributed by atoms with Crippen LogP contribution in [0.25, 0.3) is 21.9 Å². The van der Waals surface area contributed by atoms with Crippen molar-refractivity contribution in [2.75, 3.05) is 19.6 Å². The first-order chi connectivity index (χ1) is 14.8. The second-order valence-corrected chi connectivity index (χ2v) is 7.79. The first kappa shape index (κ1) is 25.5. The molecular formula is C24H33ClF3N3. The van der Waals surface area contributed by atoms with Crippen LogP contribution in [0.3, 0.4) is 0 Å². The molecule has 0 amide bonds. The highest BCUT2D eigenvalue weighted by molar-refractivity contribution is 6.31. The number of piperidine rings is 1. The third-order valence-corrected chi connectivity index (χ3v) is 5.61. The van der Waals surface area contributed by atoms with Gasteiger partial charge in [-0.2, -0.15) is 13.2 Å². The molecule has 0 spiro atoms. The van der Waals surface area contributed by atoms with Crippen LogP contribution in [0.5, 0.6) is 0 Å². The number of aryl methyl sites for hydroxylation is 1. The van der Waals surface area contributed by atoms with E-state index in [9.17, 15) is 13.2 Å². The molecule has 0 N–H and O–H groups in total. The minimum Gasteiger partial charge on any atom is -0.322 e. The van der Waals surface area contributed by atoms with Crippen molar-refractivity contribution in [3.05, 3.63) is 41.0 Å². The molecule has 172 valence electrons. The molecule has 3 aromatic rings. The van der Waals surface area contributed by atoms with E-state index < -0.39 is 12.6 Å². The molecule has 1 fully saturated rings. The molecule has 0 radical (unpaired) electrons. The summed E-state index contributed by atoms with van der Waals surface area (Å²) in [5, 5.41) is 2.84. The van der Waals surface area contributed by atoms with Gasteiger partial charge < -0.3 is 9.47 Å². The molecule has 2 aromatic heterocycles. The molecule has 0 atom stereocenters. The molecular weight excluding hydrogens is 423 g/mol. The van der Waals surface area contributed by atoms with E-state index in [-0.39, 0.29) is 12.6 Å². The maximum absolute atomic E-state index is 12.5. The van der Waals surface area contributed by atoms with E-state index >= 15 is 0 Å². The molecule has 1 saturated heterocycles. The van der Waals surface area contributed by atoms with Gasteiger partial charge in [0.15, 0.2) is 0 Å². The highest BCUT2D eigenvalue weighted by Crippen LogP contribution is 2.36. The Morgan fingerprint density at radius 2 is 1.68 bits per heavy atom. The Bertz CT molecular complexity index is 914. The monoisotopic (exact) mass is 455 g/mol. The van der Waals surface area contributed by atoms with Gasteiger partial charge in [-0.3, -0.25) is 0 Å². The Morgan fingerprint density at radius 3 is 2.29 bits per heavy atom. The number of hydrogen-bond donors (Lipinski definition) is 0. The van der Waals surface area contributed by atoms with Crippen LogP contribution >= 0.6 is 11.6 Å². The fourth-order valence-corrected chi connectivity index (χ4v) is 4.23. The van der Waals surface area contributed by atoms with Crippen molar-refractivity contribution >= 4 is 33.5 Å². The third-order valence-electron chi connectivity index (χ3n) is 5.37. The minimum atomic E-state index is -4.09. The van der Waals surface area contributed by atoms with Crippen LogP contribution in [0.4, 0.5) is 13.2 Å². The van der Waals surface area contributed by atoms with E-state index in [1.54, 1.807) is 0 Å². The number of likely N-dealkylation sites (tertiary alicyclic amines) is 1. The average molecular weight is 456 g/mol. The largest absolute Gasteiger partial charge is 0.390 e. The maximum atomic E-state index is 12.5. The summed E-state index contributed by atoms with van der Waals surface area (Å²) in [6.07, 6.45) is -1.35. The first-order valence-corrected chi connectivity index (χ1v) is 11.5. The van der Waals surface area contributed by atoms with Crippen LogP contribution in [-0.2, 0) is 0 Å². The summed E-state index contributed by atoms with van der Waals surface area (Å²) in [6, 6.07) is 8.21. The number of pyridine rings is 1. The molecule has 1 aromatic carbocycles. The molecule has 4 rings (SSSR count). The molecule has 3 heterocycles. The molecule has 1 aliphatic heterocycles. The van der Waals surface area contributed by atoms with Gasteiger partial charge in [-0.05, 0) is 49.6 Å². The van der Waals surface area contributed by atoms with E-state index in [4.69, 9.17) is 11.6 Å². The van der Waals surface area contributed by atoms with Crippen molar-refractivity contribution in [2.45, 2.75) is 66.1 Å². The SMILES string of the molecule is CC.CC.Cc1cnc2c(c1)c1cc(Cl)ccc1n2C1CCN(CCC(F)(F)F)CC1. The van der Waals surface area contributed by atoms with Gasteiger partial charge in [0.2, 0.25) is 0 Å². The number of alkyl halides is 3. The predicted octanol–water partition coefficient (Wildman–Crippen LogP) is 7.79. The summed E-state index contributed by atoms with van der Waals surface area (Å²) in [5.74, 6) is 0. The normalized spacial score (nSPS) is 15.4. The Morgan fingerprint density at radius 1 is 1.03 bits per heavy atom. The van der Waals surface area contributed by atoms with Crippen LogP contribution in [0, 0.1) is 6.92 Å². The van der Waals surface area contributed by atoms with Gasteiger partial charge in [0.25, 0.3) is 0 Å². The first-order valence-electron chi connectivity index (χ1n) is 11.2. The van der Waals surface area contributed by atoms with Crippen molar-refractivity contribution in [1.29, 1.82) is 0 Å². The minimum absolute atomic E-state index is 0.0798. The van der Waals surface area contributed by atoms with Gasteiger partial charge in [0.1, 0.15) is 5.65 Å². The lowest BCUT2D eigenvalue weighted by Crippen LogP contribution is -2.36. The van der Waals surface area contributed by atoms with E-state index in [0.29, 0.717) is 18.1 Å². The molecule has 1 aliphatic rings. The lowest BCUT2D eigenvalue weighted by molar-refractivity contribution is -0.138. The topological polar surface area (TPSA) is 21.1 Å². The standard InChI is InChI=1S/C20H21ClF3N3.2C2H6/c1-13-10-17-16-11-14(21)2-3-18(16)27(19(17)25-12-13)15-4-7-26(8-5-15)9-6-20(22,23)24;2*1-2/h2-3,10-12,15H,4-9H2,1H3;2*1-2H3. The van der Waals surface area contributed by atoms with Crippen LogP contribution in [-0.4, -0.2) is 40.3 Å². The Balaban J connectivity index is 0.000000807. The summed E-state index contributed by atoms with van der Waals surface area (Å²) in [5.41, 5.74) is 3.09. The van der Waals surface area contributed by atoms with Gasteiger partial charge in [0.05, 0.1) is 11.9 Å². The highest BCUT2D eigenvalue weighted by atomic mass is 35.5. The number of nitrogens with zero attached hydrogens (tertiary/aromatic N) is 3. The van der Waals surface area contributed by atoms with Crippen molar-refractivity contribution in [1.82, 2.24) is 14.5 Å². The number of halogens is 4. The second-order valence-electron chi connectivity index (χ2n) is 7.35. The summed E-state index contributed by atoms with van der Waals surface area (Å²) in [6.45, 7) is 11.4. The Labute approximate surface area is 188 Å². The fraction of sp³-hybridized carbons (Fsp3) is 0.542. The molecule has 31 heavy (non-hydrogen) atoms. The van der Waals surface area contributed by atoms with Crippen LogP contribution < -0.4 is 0 Å². The summed E-state index contributed by atoms with van der Waals surface area (Å²) in [7, 11) is 0. The number of fused-ring (bicyclic) bond motifs is 3. The molecule has 0 bridgehead atoms. The highest BCUT2D eigenvalue weighted by Gasteiger charge is 2.30. The van der Waals surface area contributed by atoms with Crippen molar-refractivity contribution in [3.8, 4) is 0 Å². The van der Waals surface area contributed by atoms with Gasteiger partial charge in [-0.1, -0.05) is 39.3 Å². The predicted molar refractivity (Wildman–Crippen MR) is 125 cm³/mol. The van der Waals surface area contributed by atoms with Gasteiger partial charge in [-0.25, -0.2) is 4.98 Å². The molecule has 0 aliphatic carbocycles. The maximum Gasteiger partial charge on any atom is 0.390 e. The summed E-state index contributed by atoms with van der Waals surface area (Å²) < 4.78 is 39.7. The zero-order valence-corrected chi connectivity index (χ0v) is 19.8. The van der Waals surface area contributed by atoms with E-state index in [1.807, 2.05) is 63.9 Å². The molecule has 0 saturated carbocycles. The van der Waals surface area contributed by atoms with Gasteiger partial charge in [0, 0.05) is 47.7 Å². The van der Waals surface area contributed by atoms with Crippen molar-refractivity contribution in [2.24, 2.45) is 0 Å². The van der Waals surface area contributed by atoms with Crippen molar-refractivity contribution in [3.63, 3.8) is 0 Å². The van der Waals surface area contributed by atoms with E-state index in [1.165, 1.54) is 0 Å². The Hall–Kier alpha value is -1.79. The van der Waals surface area contributed by atoms with Crippen LogP contribution in [0.15, 0.2) is 30.5 Å². The lowest BCUT2D eigenvalue weighted by atomic mass is 10.0. The second kappa shape index (κ2) is 11.2. The van der Waals surface area contributed by atoms with Crippen molar-refractivity contribution < 1.29 is 13.2 Å². The lowest BCUT2D eigenvalue weighted by Gasteiger charge is -2.33. The fourth-order valence-electron chi connectivity index (χ4n) is 4.06. The number of hydrogen-bond acceptors (Lipinski definition) is 2. The number of benzene rings is 1. The van der Waals surface area contributed by atoms with Gasteiger partial charge in [-0.15, -0.1) is 0 Å². The smallest absolute Gasteiger partial charge is 0.322 e. The van der Waals surface area contributed by atoms with Crippen LogP contribution in [0.2, 0.25) is 5.02 Å². The number of rotatable bonds is 3. The molecule has 3 nitrogen and oxygen atoms in total. The van der Waals surface area contributed by atoms with E-state index in [0.717, 1.165) is 40.3 Å². The zero-order chi connectivity index (χ0) is 23.2. The number of aromatic nitrogens is 2. The molecule has 7 heteroatoms. The van der Waals surface area contributed by atoms with Gasteiger partial charge >= 0.3 is 6.18 Å². The zero-order valence-electron chi connectivity index (χ0n) is 19.1. The average Bonchev–Trinajstić information content (AvgIpc) is 3.08. The molecule has 0 unspecified atom stereocenters. The quantitative estimate of drug-likeness (QED) is 0.401. The van der Waals surface area contributed by atoms with Crippen LogP contribution in [0.1, 0.15) is 58.6 Å². The third kappa shape index (κ3) is 6.13. The summed E-state index contributed by atoms with van der Waals surface area (Å²) in [4.78, 5) is 6.58. The van der Waals surface area contributed by atoms with E-state index in [2.05, 4.69) is 15.6 Å². The Kier molecular flexibility index (Phi) is 9.19.